The molecule has 16 nitrogen and oxygen atoms in total. The van der Waals surface area contributed by atoms with Crippen LogP contribution in [0.25, 0.3) is 32.3 Å². The third-order valence-electron chi connectivity index (χ3n) is 11.2. The van der Waals surface area contributed by atoms with Gasteiger partial charge in [0.05, 0.1) is 12.6 Å². The van der Waals surface area contributed by atoms with E-state index in [-0.39, 0.29) is 25.3 Å². The first-order valence-electron chi connectivity index (χ1n) is 18.4. The predicted octanol–water partition coefficient (Wildman–Crippen LogP) is -2.21. The van der Waals surface area contributed by atoms with E-state index in [4.69, 9.17) is 36.1 Å². The number of nitrogens with one attached hydrogen (secondary N) is 1. The summed E-state index contributed by atoms with van der Waals surface area (Å²) in [6.45, 7) is -0.834. The van der Waals surface area contributed by atoms with Crippen molar-refractivity contribution in [2.24, 2.45) is 17.2 Å². The monoisotopic (exact) mass is 754 g/mol. The molecule has 0 bridgehead atoms. The van der Waals surface area contributed by atoms with Crippen molar-refractivity contribution < 1.29 is 59.5 Å². The molecule has 0 aromatic heterocycles. The number of aliphatic hydroxyl groups is 7. The highest BCUT2D eigenvalue weighted by atomic mass is 16.7. The number of aliphatic hydroxyl groups excluding tert-OH is 7. The molecule has 54 heavy (non-hydrogen) atoms. The SMILES string of the molecule is NC1C[C@H](N)C(OC2OC(CO)C(O)C(N)C2O)C(O)C1OC1OC(CNC(=O)CCCc2ccc3ccc4cccc5ccc2c3c45)C(O)C(O)C1O. The maximum atomic E-state index is 13.0. The summed E-state index contributed by atoms with van der Waals surface area (Å²) in [4.78, 5) is 13.0. The Morgan fingerprint density at radius 3 is 1.96 bits per heavy atom. The molecule has 1 aliphatic carbocycles. The second-order valence-corrected chi connectivity index (χ2v) is 14.8. The van der Waals surface area contributed by atoms with Crippen molar-refractivity contribution >= 4 is 38.2 Å². The molecule has 16 heteroatoms. The molecular weight excluding hydrogens is 704 g/mol. The predicted molar refractivity (Wildman–Crippen MR) is 195 cm³/mol. The minimum atomic E-state index is -1.76. The molecule has 14 N–H and O–H groups in total. The highest BCUT2D eigenvalue weighted by Gasteiger charge is 2.51. The molecule has 7 rings (SSSR count). The number of carbonyl (C=O) groups excluding carboxylic acids is 1. The van der Waals surface area contributed by atoms with Crippen LogP contribution in [-0.4, -0.2) is 147 Å². The van der Waals surface area contributed by atoms with Gasteiger partial charge in [-0.25, -0.2) is 0 Å². The molecule has 0 spiro atoms. The van der Waals surface area contributed by atoms with Gasteiger partial charge in [0.15, 0.2) is 12.6 Å². The van der Waals surface area contributed by atoms with Gasteiger partial charge in [-0.2, -0.15) is 0 Å². The van der Waals surface area contributed by atoms with Gasteiger partial charge in [-0.05, 0) is 57.1 Å². The Labute approximate surface area is 310 Å². The molecule has 15 atom stereocenters. The van der Waals surface area contributed by atoms with E-state index in [0.29, 0.717) is 12.8 Å². The Morgan fingerprint density at radius 2 is 1.30 bits per heavy atom. The Balaban J connectivity index is 0.950. The maximum absolute atomic E-state index is 13.0. The summed E-state index contributed by atoms with van der Waals surface area (Å²) in [5.41, 5.74) is 19.6. The van der Waals surface area contributed by atoms with Gasteiger partial charge in [0.1, 0.15) is 61.0 Å². The smallest absolute Gasteiger partial charge is 0.220 e. The number of benzene rings is 4. The Kier molecular flexibility index (Phi) is 11.7. The molecule has 2 saturated heterocycles. The zero-order valence-electron chi connectivity index (χ0n) is 29.5. The van der Waals surface area contributed by atoms with Gasteiger partial charge in [-0.15, -0.1) is 0 Å². The molecule has 14 unspecified atom stereocenters. The van der Waals surface area contributed by atoms with E-state index >= 15 is 0 Å². The van der Waals surface area contributed by atoms with Gasteiger partial charge in [-0.3, -0.25) is 4.79 Å². The van der Waals surface area contributed by atoms with Crippen molar-refractivity contribution in [3.63, 3.8) is 0 Å². The normalized spacial score (nSPS) is 37.6. The van der Waals surface area contributed by atoms with Crippen molar-refractivity contribution in [1.29, 1.82) is 0 Å². The van der Waals surface area contributed by atoms with E-state index in [0.717, 1.165) is 16.3 Å². The van der Waals surface area contributed by atoms with Crippen molar-refractivity contribution in [2.45, 2.75) is 117 Å². The lowest BCUT2D eigenvalue weighted by Gasteiger charge is -2.48. The van der Waals surface area contributed by atoms with E-state index in [1.807, 2.05) is 6.07 Å². The lowest BCUT2D eigenvalue weighted by molar-refractivity contribution is -0.332. The number of nitrogens with two attached hydrogens (primary N) is 3. The third-order valence-corrected chi connectivity index (χ3v) is 11.2. The topological polar surface area (TPSA) is 286 Å². The number of amides is 1. The molecule has 3 fully saturated rings. The summed E-state index contributed by atoms with van der Waals surface area (Å²) in [5, 5.41) is 83.7. The summed E-state index contributed by atoms with van der Waals surface area (Å²) in [6, 6.07) is 15.9. The number of rotatable bonds is 11. The quantitative estimate of drug-likeness (QED) is 0.0724. The molecule has 3 aliphatic rings. The zero-order chi connectivity index (χ0) is 38.4. The van der Waals surface area contributed by atoms with Gasteiger partial charge in [0.2, 0.25) is 5.91 Å². The molecule has 2 heterocycles. The first kappa shape index (κ1) is 39.1. The van der Waals surface area contributed by atoms with Gasteiger partial charge in [-0.1, -0.05) is 54.6 Å². The second kappa shape index (κ2) is 16.1. The number of ether oxygens (including phenoxy) is 4. The van der Waals surface area contributed by atoms with E-state index in [2.05, 4.69) is 53.8 Å². The van der Waals surface area contributed by atoms with Crippen LogP contribution in [0.4, 0.5) is 0 Å². The number of hydrogen-bond acceptors (Lipinski definition) is 15. The molecule has 1 saturated carbocycles. The standard InChI is InChI=1S/C38H50N4O12/c39-21-13-22(40)36(34(50)35(21)53-37-31(47)28(41)29(45)24(15-43)52-37)54-38-33(49)32(48)30(46)23(51-38)14-42-25(44)6-2-3-16-7-8-19-10-9-17-4-1-5-18-11-12-20(16)27(19)26(17)18/h1,4-5,7-12,21-24,28-38,43,45-50H,2-3,6,13-15,39-41H2,(H,42,44)/t21-,22?,23?,24?,28?,29?,30?,31?,32?,33?,34?,35?,36?,37?,38?/m0/s1. The number of hydrogen-bond donors (Lipinski definition) is 11. The van der Waals surface area contributed by atoms with Crippen molar-refractivity contribution in [1.82, 2.24) is 5.32 Å². The van der Waals surface area contributed by atoms with Gasteiger partial charge in [0, 0.05) is 25.0 Å². The van der Waals surface area contributed by atoms with Crippen LogP contribution in [0.2, 0.25) is 0 Å². The van der Waals surface area contributed by atoms with Crippen LogP contribution >= 0.6 is 0 Å². The van der Waals surface area contributed by atoms with Gasteiger partial charge < -0.3 is 77.2 Å². The molecule has 1 amide bonds. The molecule has 0 radical (unpaired) electrons. The molecule has 2 aliphatic heterocycles. The van der Waals surface area contributed by atoms with E-state index in [9.17, 15) is 40.5 Å². The number of carbonyl (C=O) groups is 1. The highest BCUT2D eigenvalue weighted by Crippen LogP contribution is 2.36. The average molecular weight is 755 g/mol. The molecule has 4 aromatic rings. The van der Waals surface area contributed by atoms with Crippen molar-refractivity contribution in [2.75, 3.05) is 13.2 Å². The largest absolute Gasteiger partial charge is 0.394 e. The first-order valence-corrected chi connectivity index (χ1v) is 18.4. The fourth-order valence-corrected chi connectivity index (χ4v) is 8.13. The molecule has 294 valence electrons. The minimum Gasteiger partial charge on any atom is -0.394 e. The van der Waals surface area contributed by atoms with Crippen LogP contribution in [0.3, 0.4) is 0 Å². The first-order chi connectivity index (χ1) is 25.9. The Hall–Kier alpha value is -3.17. The summed E-state index contributed by atoms with van der Waals surface area (Å²) < 4.78 is 23.0. The van der Waals surface area contributed by atoms with Crippen molar-refractivity contribution in [3.05, 3.63) is 60.2 Å². The zero-order valence-corrected chi connectivity index (χ0v) is 29.5. The van der Waals surface area contributed by atoms with E-state index < -0.39 is 98.4 Å². The fourth-order valence-electron chi connectivity index (χ4n) is 8.13. The lowest BCUT2D eigenvalue weighted by atomic mass is 9.84. The van der Waals surface area contributed by atoms with Crippen LogP contribution < -0.4 is 22.5 Å². The Morgan fingerprint density at radius 1 is 0.704 bits per heavy atom. The number of aryl methyl sites for hydroxylation is 1. The second-order valence-electron chi connectivity index (χ2n) is 14.8. The highest BCUT2D eigenvalue weighted by molar-refractivity contribution is 6.23. The summed E-state index contributed by atoms with van der Waals surface area (Å²) in [5.74, 6) is -0.303. The summed E-state index contributed by atoms with van der Waals surface area (Å²) in [7, 11) is 0. The maximum Gasteiger partial charge on any atom is 0.220 e. The summed E-state index contributed by atoms with van der Waals surface area (Å²) in [6.07, 6.45) is -16.2. The van der Waals surface area contributed by atoms with Gasteiger partial charge >= 0.3 is 0 Å². The van der Waals surface area contributed by atoms with E-state index in [1.54, 1.807) is 0 Å². The van der Waals surface area contributed by atoms with Crippen LogP contribution in [0.1, 0.15) is 24.8 Å². The van der Waals surface area contributed by atoms with E-state index in [1.165, 1.54) is 21.5 Å². The third kappa shape index (κ3) is 7.40. The molecule has 4 aromatic carbocycles. The lowest BCUT2D eigenvalue weighted by Crippen LogP contribution is -2.68. The van der Waals surface area contributed by atoms with Crippen LogP contribution in [0, 0.1) is 0 Å². The summed E-state index contributed by atoms with van der Waals surface area (Å²) >= 11 is 0. The molecular formula is C38H50N4O12. The van der Waals surface area contributed by atoms with Crippen LogP contribution in [0.15, 0.2) is 54.6 Å². The minimum absolute atomic E-state index is 0.0371. The average Bonchev–Trinajstić information content (AvgIpc) is 3.16. The fraction of sp³-hybridized carbons (Fsp3) is 0.553. The van der Waals surface area contributed by atoms with Crippen LogP contribution in [0.5, 0.6) is 0 Å². The van der Waals surface area contributed by atoms with Crippen molar-refractivity contribution in [3.8, 4) is 0 Å². The Bertz CT molecular complexity index is 1890. The van der Waals surface area contributed by atoms with Gasteiger partial charge in [0.25, 0.3) is 0 Å². The van der Waals surface area contributed by atoms with Crippen LogP contribution in [-0.2, 0) is 30.2 Å².